The summed E-state index contributed by atoms with van der Waals surface area (Å²) in [5, 5.41) is 9.81. The van der Waals surface area contributed by atoms with E-state index in [2.05, 4.69) is 46.1 Å². The third-order valence-electron chi connectivity index (χ3n) is 5.15. The topological polar surface area (TPSA) is 33.1 Å². The van der Waals surface area contributed by atoms with Crippen molar-refractivity contribution in [3.05, 3.63) is 30.0 Å². The Balaban J connectivity index is 1.57. The monoisotopic (exact) mass is 284 g/mol. The molecule has 21 heavy (non-hydrogen) atoms. The summed E-state index contributed by atoms with van der Waals surface area (Å²) in [4.78, 5) is 2.60. The molecule has 4 heteroatoms. The Hall–Kier alpha value is -1.39. The highest BCUT2D eigenvalue weighted by Crippen LogP contribution is 2.27. The predicted octanol–water partition coefficient (Wildman–Crippen LogP) is 2.24. The van der Waals surface area contributed by atoms with Gasteiger partial charge in [-0.05, 0) is 38.3 Å². The van der Waals surface area contributed by atoms with Gasteiger partial charge in [0.15, 0.2) is 0 Å². The van der Waals surface area contributed by atoms with Crippen LogP contribution in [0.25, 0.3) is 10.9 Å². The molecule has 0 aliphatic carbocycles. The second-order valence-electron chi connectivity index (χ2n) is 6.41. The highest BCUT2D eigenvalue weighted by molar-refractivity contribution is 5.81. The number of para-hydroxylation sites is 1. The molecule has 0 bridgehead atoms. The Bertz CT molecular complexity index is 633. The zero-order chi connectivity index (χ0) is 14.2. The summed E-state index contributed by atoms with van der Waals surface area (Å²) in [6, 6.07) is 9.40. The Morgan fingerprint density at radius 3 is 3.10 bits per heavy atom. The van der Waals surface area contributed by atoms with Crippen LogP contribution in [-0.2, 0) is 13.1 Å². The fraction of sp³-hybridized carbons (Fsp3) is 0.588. The molecule has 2 unspecified atom stereocenters. The summed E-state index contributed by atoms with van der Waals surface area (Å²) in [6.45, 7) is 7.73. The number of hydrogen-bond donors (Lipinski definition) is 1. The van der Waals surface area contributed by atoms with Gasteiger partial charge < -0.3 is 5.32 Å². The Morgan fingerprint density at radius 2 is 2.19 bits per heavy atom. The molecule has 4 nitrogen and oxygen atoms in total. The first kappa shape index (κ1) is 13.3. The minimum absolute atomic E-state index is 0.770. The Morgan fingerprint density at radius 1 is 1.29 bits per heavy atom. The number of hydrogen-bond acceptors (Lipinski definition) is 3. The van der Waals surface area contributed by atoms with Gasteiger partial charge >= 0.3 is 0 Å². The van der Waals surface area contributed by atoms with Crippen LogP contribution < -0.4 is 5.32 Å². The first-order valence-electron chi connectivity index (χ1n) is 8.25. The molecule has 1 aromatic carbocycles. The molecule has 2 aliphatic rings. The highest BCUT2D eigenvalue weighted by atomic mass is 15.3. The van der Waals surface area contributed by atoms with Crippen molar-refractivity contribution in [2.45, 2.75) is 38.9 Å². The minimum Gasteiger partial charge on any atom is -0.314 e. The predicted molar refractivity (Wildman–Crippen MR) is 85.2 cm³/mol. The van der Waals surface area contributed by atoms with E-state index in [0.717, 1.165) is 25.0 Å². The lowest BCUT2D eigenvalue weighted by Crippen LogP contribution is -2.44. The van der Waals surface area contributed by atoms with E-state index in [-0.39, 0.29) is 0 Å². The van der Waals surface area contributed by atoms with E-state index >= 15 is 0 Å². The SMILES string of the molecule is CCn1nc(CN2CCC3NCCC3C2)c2ccccc21. The maximum atomic E-state index is 4.85. The van der Waals surface area contributed by atoms with Crippen LogP contribution in [-0.4, -0.2) is 40.4 Å². The van der Waals surface area contributed by atoms with E-state index in [1.807, 2.05) is 0 Å². The van der Waals surface area contributed by atoms with Gasteiger partial charge in [-0.15, -0.1) is 0 Å². The normalized spacial score (nSPS) is 26.3. The first-order chi connectivity index (χ1) is 10.3. The smallest absolute Gasteiger partial charge is 0.0843 e. The minimum atomic E-state index is 0.770. The molecular formula is C17H24N4. The second-order valence-corrected chi connectivity index (χ2v) is 6.41. The van der Waals surface area contributed by atoms with Gasteiger partial charge in [0.25, 0.3) is 0 Å². The summed E-state index contributed by atoms with van der Waals surface area (Å²) in [5.41, 5.74) is 2.52. The zero-order valence-corrected chi connectivity index (χ0v) is 12.8. The maximum absolute atomic E-state index is 4.85. The van der Waals surface area contributed by atoms with Gasteiger partial charge in [0, 0.05) is 37.6 Å². The van der Waals surface area contributed by atoms with Crippen molar-refractivity contribution in [2.75, 3.05) is 19.6 Å². The molecule has 1 aromatic heterocycles. The van der Waals surface area contributed by atoms with Gasteiger partial charge in [0.05, 0.1) is 11.2 Å². The molecule has 4 rings (SSSR count). The number of piperidine rings is 1. The average Bonchev–Trinajstić information content (AvgIpc) is 3.12. The first-order valence-corrected chi connectivity index (χ1v) is 8.25. The molecule has 2 aromatic rings. The standard InChI is InChI=1S/C17H24N4/c1-2-21-17-6-4-3-5-14(17)16(19-21)12-20-10-8-15-13(11-20)7-9-18-15/h3-6,13,15,18H,2,7-12H2,1H3. The maximum Gasteiger partial charge on any atom is 0.0843 e. The van der Waals surface area contributed by atoms with Gasteiger partial charge in [-0.25, -0.2) is 0 Å². The lowest BCUT2D eigenvalue weighted by Gasteiger charge is -2.34. The van der Waals surface area contributed by atoms with Crippen molar-refractivity contribution in [1.29, 1.82) is 0 Å². The number of aromatic nitrogens is 2. The van der Waals surface area contributed by atoms with E-state index in [4.69, 9.17) is 5.10 Å². The van der Waals surface area contributed by atoms with Crippen LogP contribution in [0.2, 0.25) is 0 Å². The molecule has 2 atom stereocenters. The third kappa shape index (κ3) is 2.36. The number of rotatable bonds is 3. The zero-order valence-electron chi connectivity index (χ0n) is 12.8. The molecule has 1 N–H and O–H groups in total. The van der Waals surface area contributed by atoms with E-state index in [1.165, 1.54) is 49.1 Å². The fourth-order valence-corrected chi connectivity index (χ4v) is 4.03. The van der Waals surface area contributed by atoms with Gasteiger partial charge in [-0.1, -0.05) is 18.2 Å². The molecule has 0 spiro atoms. The number of fused-ring (bicyclic) bond motifs is 2. The summed E-state index contributed by atoms with van der Waals surface area (Å²) < 4.78 is 2.13. The van der Waals surface area contributed by atoms with E-state index in [0.29, 0.717) is 0 Å². The number of nitrogens with one attached hydrogen (secondary N) is 1. The lowest BCUT2D eigenvalue weighted by atomic mass is 9.93. The van der Waals surface area contributed by atoms with Crippen molar-refractivity contribution < 1.29 is 0 Å². The number of aryl methyl sites for hydroxylation is 1. The number of nitrogens with zero attached hydrogens (tertiary/aromatic N) is 3. The summed E-state index contributed by atoms with van der Waals surface area (Å²) in [5.74, 6) is 0.846. The van der Waals surface area contributed by atoms with Gasteiger partial charge in [0.1, 0.15) is 0 Å². The Labute approximate surface area is 126 Å². The molecule has 112 valence electrons. The van der Waals surface area contributed by atoms with E-state index in [1.54, 1.807) is 0 Å². The van der Waals surface area contributed by atoms with E-state index < -0.39 is 0 Å². The largest absolute Gasteiger partial charge is 0.314 e. The van der Waals surface area contributed by atoms with Crippen LogP contribution in [0.15, 0.2) is 24.3 Å². The molecule has 0 radical (unpaired) electrons. The van der Waals surface area contributed by atoms with Crippen molar-refractivity contribution in [1.82, 2.24) is 20.0 Å². The molecule has 2 aliphatic heterocycles. The number of benzene rings is 1. The fourth-order valence-electron chi connectivity index (χ4n) is 4.03. The van der Waals surface area contributed by atoms with Crippen LogP contribution >= 0.6 is 0 Å². The number of likely N-dealkylation sites (tertiary alicyclic amines) is 1. The van der Waals surface area contributed by atoms with Crippen LogP contribution in [0, 0.1) is 5.92 Å². The summed E-state index contributed by atoms with van der Waals surface area (Å²) >= 11 is 0. The van der Waals surface area contributed by atoms with Gasteiger partial charge in [-0.3, -0.25) is 9.58 Å². The molecular weight excluding hydrogens is 260 g/mol. The van der Waals surface area contributed by atoms with Gasteiger partial charge in [0.2, 0.25) is 0 Å². The molecule has 0 amide bonds. The third-order valence-corrected chi connectivity index (χ3v) is 5.15. The van der Waals surface area contributed by atoms with Crippen molar-refractivity contribution in [2.24, 2.45) is 5.92 Å². The van der Waals surface area contributed by atoms with Crippen molar-refractivity contribution in [3.8, 4) is 0 Å². The molecule has 2 saturated heterocycles. The van der Waals surface area contributed by atoms with Crippen LogP contribution in [0.4, 0.5) is 0 Å². The van der Waals surface area contributed by atoms with Crippen molar-refractivity contribution in [3.63, 3.8) is 0 Å². The molecule has 3 heterocycles. The average molecular weight is 284 g/mol. The van der Waals surface area contributed by atoms with Crippen LogP contribution in [0.1, 0.15) is 25.5 Å². The Kier molecular flexibility index (Phi) is 3.43. The quantitative estimate of drug-likeness (QED) is 0.938. The highest BCUT2D eigenvalue weighted by Gasteiger charge is 2.32. The molecule has 2 fully saturated rings. The van der Waals surface area contributed by atoms with Gasteiger partial charge in [-0.2, -0.15) is 5.10 Å². The summed E-state index contributed by atoms with van der Waals surface area (Å²) in [7, 11) is 0. The van der Waals surface area contributed by atoms with E-state index in [9.17, 15) is 0 Å². The van der Waals surface area contributed by atoms with Crippen LogP contribution in [0.3, 0.4) is 0 Å². The second kappa shape index (κ2) is 5.43. The summed E-state index contributed by atoms with van der Waals surface area (Å²) in [6.07, 6.45) is 2.63. The van der Waals surface area contributed by atoms with Crippen LogP contribution in [0.5, 0.6) is 0 Å². The van der Waals surface area contributed by atoms with Crippen molar-refractivity contribution >= 4 is 10.9 Å². The molecule has 0 saturated carbocycles. The lowest BCUT2D eigenvalue weighted by molar-refractivity contribution is 0.154.